The first-order valence-electron chi connectivity index (χ1n) is 13.3. The van der Waals surface area contributed by atoms with Crippen molar-refractivity contribution in [1.29, 1.82) is 0 Å². The Hall–Kier alpha value is -0.530. The van der Waals surface area contributed by atoms with E-state index in [1.807, 2.05) is 0 Å². The fourth-order valence-electron chi connectivity index (χ4n) is 4.06. The van der Waals surface area contributed by atoms with Crippen LogP contribution in [0.15, 0.2) is 0 Å². The molecule has 2 unspecified atom stereocenters. The first-order valence-corrected chi connectivity index (χ1v) is 13.3. The molecule has 0 aromatic rings. The third kappa shape index (κ3) is 19.2. The standard InChI is InChI=1S/C27H54O2/c1-5-8-11-13-14-15-16-17-18-19-21-25(4)27(28)29-24-26(22-10-7-3)23-20-12-9-6-2/h25-26H,5-24H2,1-4H3. The first kappa shape index (κ1) is 28.5. The molecule has 174 valence electrons. The first-order chi connectivity index (χ1) is 14.2. The quantitative estimate of drug-likeness (QED) is 0.131. The van der Waals surface area contributed by atoms with Crippen molar-refractivity contribution in [3.63, 3.8) is 0 Å². The third-order valence-electron chi connectivity index (χ3n) is 6.29. The highest BCUT2D eigenvalue weighted by atomic mass is 16.5. The summed E-state index contributed by atoms with van der Waals surface area (Å²) >= 11 is 0. The average molecular weight is 411 g/mol. The van der Waals surface area contributed by atoms with Gasteiger partial charge in [0.15, 0.2) is 0 Å². The molecular weight excluding hydrogens is 356 g/mol. The van der Waals surface area contributed by atoms with Crippen LogP contribution in [0.5, 0.6) is 0 Å². The molecule has 0 aromatic heterocycles. The summed E-state index contributed by atoms with van der Waals surface area (Å²) in [5.74, 6) is 0.673. The Morgan fingerprint density at radius 2 is 1.00 bits per heavy atom. The van der Waals surface area contributed by atoms with Crippen molar-refractivity contribution >= 4 is 5.97 Å². The van der Waals surface area contributed by atoms with Gasteiger partial charge in [-0.3, -0.25) is 4.79 Å². The van der Waals surface area contributed by atoms with Crippen molar-refractivity contribution in [2.24, 2.45) is 11.8 Å². The van der Waals surface area contributed by atoms with Gasteiger partial charge < -0.3 is 4.74 Å². The van der Waals surface area contributed by atoms with Crippen molar-refractivity contribution < 1.29 is 9.53 Å². The molecule has 0 fully saturated rings. The number of hydrogen-bond donors (Lipinski definition) is 0. The van der Waals surface area contributed by atoms with E-state index in [-0.39, 0.29) is 11.9 Å². The summed E-state index contributed by atoms with van der Waals surface area (Å²) in [5, 5.41) is 0. The Morgan fingerprint density at radius 3 is 1.55 bits per heavy atom. The molecule has 0 N–H and O–H groups in total. The van der Waals surface area contributed by atoms with Crippen molar-refractivity contribution in [2.75, 3.05) is 6.61 Å². The van der Waals surface area contributed by atoms with Gasteiger partial charge in [-0.05, 0) is 25.2 Å². The Labute approximate surface area is 184 Å². The summed E-state index contributed by atoms with van der Waals surface area (Å²) in [6, 6.07) is 0. The molecule has 0 spiro atoms. The van der Waals surface area contributed by atoms with Gasteiger partial charge in [0.2, 0.25) is 0 Å². The zero-order valence-electron chi connectivity index (χ0n) is 20.6. The largest absolute Gasteiger partial charge is 0.465 e. The molecule has 0 aromatic carbocycles. The van der Waals surface area contributed by atoms with Crippen molar-refractivity contribution in [2.45, 2.75) is 150 Å². The van der Waals surface area contributed by atoms with Crippen LogP contribution < -0.4 is 0 Å². The van der Waals surface area contributed by atoms with E-state index in [0.717, 1.165) is 6.42 Å². The van der Waals surface area contributed by atoms with E-state index >= 15 is 0 Å². The van der Waals surface area contributed by atoms with Crippen molar-refractivity contribution in [1.82, 2.24) is 0 Å². The molecule has 0 saturated carbocycles. The SMILES string of the molecule is CCCCCCCCCCCCC(C)C(=O)OCC(CCCC)CCCCCC. The van der Waals surface area contributed by atoms with Gasteiger partial charge in [-0.2, -0.15) is 0 Å². The zero-order valence-corrected chi connectivity index (χ0v) is 20.6. The minimum absolute atomic E-state index is 0.0379. The van der Waals surface area contributed by atoms with Crippen LogP contribution in [-0.4, -0.2) is 12.6 Å². The van der Waals surface area contributed by atoms with E-state index in [2.05, 4.69) is 27.7 Å². The minimum atomic E-state index is 0.0379. The highest BCUT2D eigenvalue weighted by Gasteiger charge is 2.17. The molecule has 2 atom stereocenters. The maximum atomic E-state index is 12.4. The summed E-state index contributed by atoms with van der Waals surface area (Å²) in [6.07, 6.45) is 24.6. The van der Waals surface area contributed by atoms with Crippen LogP contribution in [0.4, 0.5) is 0 Å². The van der Waals surface area contributed by atoms with Crippen LogP contribution >= 0.6 is 0 Å². The second-order valence-corrected chi connectivity index (χ2v) is 9.36. The molecule has 29 heavy (non-hydrogen) atoms. The summed E-state index contributed by atoms with van der Waals surface area (Å²) in [7, 11) is 0. The lowest BCUT2D eigenvalue weighted by Gasteiger charge is -2.18. The number of carbonyl (C=O) groups excluding carboxylic acids is 1. The molecular formula is C27H54O2. The fourth-order valence-corrected chi connectivity index (χ4v) is 4.06. The van der Waals surface area contributed by atoms with Crippen LogP contribution in [0.2, 0.25) is 0 Å². The monoisotopic (exact) mass is 410 g/mol. The van der Waals surface area contributed by atoms with Crippen molar-refractivity contribution in [3.8, 4) is 0 Å². The van der Waals surface area contributed by atoms with Gasteiger partial charge in [0, 0.05) is 0 Å². The molecule has 0 aliphatic heterocycles. The van der Waals surface area contributed by atoms with Crippen LogP contribution in [0.3, 0.4) is 0 Å². The van der Waals surface area contributed by atoms with E-state index in [1.165, 1.54) is 116 Å². The number of carbonyl (C=O) groups is 1. The maximum Gasteiger partial charge on any atom is 0.308 e. The fraction of sp³-hybridized carbons (Fsp3) is 0.963. The predicted octanol–water partition coefficient (Wildman–Crippen LogP) is 9.25. The Bertz CT molecular complexity index is 339. The molecule has 0 heterocycles. The van der Waals surface area contributed by atoms with Crippen molar-refractivity contribution in [3.05, 3.63) is 0 Å². The molecule has 0 aliphatic carbocycles. The van der Waals surface area contributed by atoms with Gasteiger partial charge in [-0.1, -0.05) is 130 Å². The van der Waals surface area contributed by atoms with Crippen LogP contribution in [-0.2, 0) is 9.53 Å². The van der Waals surface area contributed by atoms with Gasteiger partial charge in [0.25, 0.3) is 0 Å². The van der Waals surface area contributed by atoms with Crippen LogP contribution in [0, 0.1) is 11.8 Å². The normalized spacial score (nSPS) is 13.4. The highest BCUT2D eigenvalue weighted by Crippen LogP contribution is 2.20. The predicted molar refractivity (Wildman–Crippen MR) is 128 cm³/mol. The number of ether oxygens (including phenoxy) is 1. The Kier molecular flexibility index (Phi) is 21.8. The summed E-state index contributed by atoms with van der Waals surface area (Å²) in [6.45, 7) is 9.48. The Balaban J connectivity index is 3.77. The topological polar surface area (TPSA) is 26.3 Å². The molecule has 2 heteroatoms. The molecule has 0 aliphatic rings. The third-order valence-corrected chi connectivity index (χ3v) is 6.29. The summed E-state index contributed by atoms with van der Waals surface area (Å²) in [4.78, 5) is 12.4. The number of unbranched alkanes of at least 4 members (excludes halogenated alkanes) is 13. The number of rotatable bonds is 22. The summed E-state index contributed by atoms with van der Waals surface area (Å²) < 4.78 is 5.72. The molecule has 0 rings (SSSR count). The highest BCUT2D eigenvalue weighted by molar-refractivity contribution is 5.71. The van der Waals surface area contributed by atoms with Gasteiger partial charge in [0.1, 0.15) is 0 Å². The lowest BCUT2D eigenvalue weighted by Crippen LogP contribution is -2.19. The summed E-state index contributed by atoms with van der Waals surface area (Å²) in [5.41, 5.74) is 0. The molecule has 0 amide bonds. The van der Waals surface area contributed by atoms with Gasteiger partial charge in [0.05, 0.1) is 12.5 Å². The van der Waals surface area contributed by atoms with Gasteiger partial charge >= 0.3 is 5.97 Å². The second kappa shape index (κ2) is 22.2. The van der Waals surface area contributed by atoms with Crippen LogP contribution in [0.25, 0.3) is 0 Å². The Morgan fingerprint density at radius 1 is 0.586 bits per heavy atom. The lowest BCUT2D eigenvalue weighted by atomic mass is 9.96. The van der Waals surface area contributed by atoms with Gasteiger partial charge in [-0.15, -0.1) is 0 Å². The molecule has 2 nitrogen and oxygen atoms in total. The maximum absolute atomic E-state index is 12.4. The van der Waals surface area contributed by atoms with Crippen LogP contribution in [0.1, 0.15) is 150 Å². The smallest absolute Gasteiger partial charge is 0.308 e. The molecule has 0 saturated heterocycles. The second-order valence-electron chi connectivity index (χ2n) is 9.36. The van der Waals surface area contributed by atoms with E-state index in [0.29, 0.717) is 12.5 Å². The zero-order chi connectivity index (χ0) is 21.6. The van der Waals surface area contributed by atoms with E-state index in [1.54, 1.807) is 0 Å². The average Bonchev–Trinajstić information content (AvgIpc) is 2.73. The lowest BCUT2D eigenvalue weighted by molar-refractivity contribution is -0.149. The van der Waals surface area contributed by atoms with E-state index in [9.17, 15) is 4.79 Å². The number of hydrogen-bond acceptors (Lipinski definition) is 2. The van der Waals surface area contributed by atoms with Gasteiger partial charge in [-0.25, -0.2) is 0 Å². The minimum Gasteiger partial charge on any atom is -0.465 e. The number of esters is 1. The van der Waals surface area contributed by atoms with E-state index < -0.39 is 0 Å². The van der Waals surface area contributed by atoms with E-state index in [4.69, 9.17) is 4.74 Å². The molecule has 0 bridgehead atoms. The molecule has 0 radical (unpaired) electrons.